The van der Waals surface area contributed by atoms with Crippen LogP contribution >= 0.6 is 0 Å². The fraction of sp³-hybridized carbons (Fsp3) is 0.455. The minimum Gasteiger partial charge on any atom is -0.376 e. The molecule has 0 unspecified atom stereocenters. The fourth-order valence-electron chi connectivity index (χ4n) is 4.34. The number of nitrogens with one attached hydrogen (secondary N) is 2. The van der Waals surface area contributed by atoms with Crippen molar-refractivity contribution < 1.29 is 14.3 Å². The highest BCUT2D eigenvalue weighted by molar-refractivity contribution is 5.96. The standard InChI is InChI=1S/C22H25N5O4/c23-19-16(21(28)24-12-14-5-3-9-30-14)11-17-20(27(19)13-15-6-4-10-31-15)25-18-7-1-2-8-26(18)22(17)29/h1-2,7-8,11,14-15,23H,3-6,9-10,12-13H2,(H,24,28)/t14-,15-/m1/s1. The van der Waals surface area contributed by atoms with Gasteiger partial charge in [-0.3, -0.25) is 19.4 Å². The molecule has 3 aromatic rings. The van der Waals surface area contributed by atoms with E-state index in [1.54, 1.807) is 22.9 Å². The van der Waals surface area contributed by atoms with Gasteiger partial charge in [0, 0.05) is 26.0 Å². The highest BCUT2D eigenvalue weighted by Gasteiger charge is 2.23. The van der Waals surface area contributed by atoms with Crippen molar-refractivity contribution in [3.05, 3.63) is 51.9 Å². The Bertz CT molecular complexity index is 1250. The number of ether oxygens (including phenoxy) is 2. The summed E-state index contributed by atoms with van der Waals surface area (Å²) in [6, 6.07) is 6.81. The lowest BCUT2D eigenvalue weighted by atomic mass is 10.1. The van der Waals surface area contributed by atoms with Gasteiger partial charge in [0.15, 0.2) is 0 Å². The summed E-state index contributed by atoms with van der Waals surface area (Å²) in [7, 11) is 0. The van der Waals surface area contributed by atoms with Crippen LogP contribution in [0.1, 0.15) is 36.0 Å². The lowest BCUT2D eigenvalue weighted by Crippen LogP contribution is -2.38. The van der Waals surface area contributed by atoms with E-state index < -0.39 is 0 Å². The van der Waals surface area contributed by atoms with Gasteiger partial charge in [-0.25, -0.2) is 4.98 Å². The van der Waals surface area contributed by atoms with Crippen LogP contribution < -0.4 is 16.4 Å². The molecule has 0 aromatic carbocycles. The molecule has 0 radical (unpaired) electrons. The summed E-state index contributed by atoms with van der Waals surface area (Å²) in [6.07, 6.45) is 5.29. The molecule has 2 atom stereocenters. The summed E-state index contributed by atoms with van der Waals surface area (Å²) in [5.74, 6) is -0.388. The number of rotatable bonds is 5. The first-order valence-corrected chi connectivity index (χ1v) is 10.7. The normalized spacial score (nSPS) is 21.2. The predicted molar refractivity (Wildman–Crippen MR) is 113 cm³/mol. The Morgan fingerprint density at radius 3 is 2.71 bits per heavy atom. The first kappa shape index (κ1) is 19.9. The van der Waals surface area contributed by atoms with E-state index in [1.807, 2.05) is 6.07 Å². The summed E-state index contributed by atoms with van der Waals surface area (Å²) < 4.78 is 14.4. The molecule has 0 saturated carbocycles. The molecule has 1 amide bonds. The second kappa shape index (κ2) is 8.24. The smallest absolute Gasteiger partial charge is 0.267 e. The van der Waals surface area contributed by atoms with Crippen molar-refractivity contribution in [2.45, 2.75) is 44.4 Å². The second-order valence-corrected chi connectivity index (χ2v) is 8.08. The third kappa shape index (κ3) is 3.75. The molecule has 2 aliphatic rings. The maximum Gasteiger partial charge on any atom is 0.267 e. The molecule has 5 rings (SSSR count). The van der Waals surface area contributed by atoms with E-state index >= 15 is 0 Å². The zero-order chi connectivity index (χ0) is 21.4. The molecule has 2 aliphatic heterocycles. The van der Waals surface area contributed by atoms with Gasteiger partial charge in [0.2, 0.25) is 0 Å². The number of fused-ring (bicyclic) bond motifs is 2. The predicted octanol–water partition coefficient (Wildman–Crippen LogP) is 1.22. The zero-order valence-electron chi connectivity index (χ0n) is 17.2. The molecule has 0 aliphatic carbocycles. The van der Waals surface area contributed by atoms with Crippen LogP contribution in [0, 0.1) is 5.41 Å². The number of hydrogen-bond donors (Lipinski definition) is 2. The number of nitrogens with zero attached hydrogens (tertiary/aromatic N) is 3. The Morgan fingerprint density at radius 1 is 1.19 bits per heavy atom. The zero-order valence-corrected chi connectivity index (χ0v) is 17.2. The fourth-order valence-corrected chi connectivity index (χ4v) is 4.34. The van der Waals surface area contributed by atoms with Crippen LogP contribution in [0.2, 0.25) is 0 Å². The number of carbonyl (C=O) groups is 1. The van der Waals surface area contributed by atoms with Crippen LogP contribution in [-0.4, -0.2) is 51.8 Å². The molecule has 162 valence electrons. The third-order valence-corrected chi connectivity index (χ3v) is 5.99. The first-order chi connectivity index (χ1) is 15.1. The summed E-state index contributed by atoms with van der Waals surface area (Å²) in [6.45, 7) is 2.14. The van der Waals surface area contributed by atoms with Gasteiger partial charge >= 0.3 is 0 Å². The van der Waals surface area contributed by atoms with E-state index in [0.29, 0.717) is 43.0 Å². The molecule has 9 heteroatoms. The van der Waals surface area contributed by atoms with Crippen molar-refractivity contribution in [1.29, 1.82) is 5.41 Å². The van der Waals surface area contributed by atoms with Gasteiger partial charge < -0.3 is 19.4 Å². The summed E-state index contributed by atoms with van der Waals surface area (Å²) in [5, 5.41) is 11.9. The van der Waals surface area contributed by atoms with Crippen LogP contribution in [0.15, 0.2) is 35.3 Å². The summed E-state index contributed by atoms with van der Waals surface area (Å²) in [5.41, 5.74) is 0.802. The first-order valence-electron chi connectivity index (χ1n) is 10.7. The van der Waals surface area contributed by atoms with Crippen LogP contribution in [0.25, 0.3) is 16.7 Å². The molecule has 9 nitrogen and oxygen atoms in total. The average molecular weight is 423 g/mol. The van der Waals surface area contributed by atoms with Gasteiger partial charge in [0.05, 0.1) is 29.7 Å². The number of pyridine rings is 2. The van der Waals surface area contributed by atoms with E-state index in [4.69, 9.17) is 14.9 Å². The lowest BCUT2D eigenvalue weighted by molar-refractivity contribution is 0.0851. The molecule has 2 saturated heterocycles. The highest BCUT2D eigenvalue weighted by atomic mass is 16.5. The minimum absolute atomic E-state index is 0.00571. The Hall–Kier alpha value is -3.04. The number of amides is 1. The van der Waals surface area contributed by atoms with E-state index in [0.717, 1.165) is 25.7 Å². The van der Waals surface area contributed by atoms with Crippen molar-refractivity contribution in [1.82, 2.24) is 19.3 Å². The number of hydrogen-bond acceptors (Lipinski definition) is 6. The number of carbonyl (C=O) groups excluding carboxylic acids is 1. The van der Waals surface area contributed by atoms with Gasteiger partial charge in [-0.2, -0.15) is 0 Å². The minimum atomic E-state index is -0.388. The Kier molecular flexibility index (Phi) is 5.29. The Morgan fingerprint density at radius 2 is 1.97 bits per heavy atom. The average Bonchev–Trinajstić information content (AvgIpc) is 3.48. The Balaban J connectivity index is 1.62. The summed E-state index contributed by atoms with van der Waals surface area (Å²) >= 11 is 0. The molecular formula is C22H25N5O4. The maximum atomic E-state index is 13.2. The van der Waals surface area contributed by atoms with Crippen molar-refractivity contribution >= 4 is 22.6 Å². The van der Waals surface area contributed by atoms with E-state index in [1.165, 1.54) is 10.5 Å². The molecule has 5 heterocycles. The largest absolute Gasteiger partial charge is 0.376 e. The second-order valence-electron chi connectivity index (χ2n) is 8.08. The van der Waals surface area contributed by atoms with Gasteiger partial charge in [0.25, 0.3) is 11.5 Å². The third-order valence-electron chi connectivity index (χ3n) is 5.99. The Labute approximate surface area is 178 Å². The van der Waals surface area contributed by atoms with Crippen molar-refractivity contribution in [3.8, 4) is 0 Å². The topological polar surface area (TPSA) is 111 Å². The molecule has 3 aromatic heterocycles. The van der Waals surface area contributed by atoms with Crippen molar-refractivity contribution in [3.63, 3.8) is 0 Å². The van der Waals surface area contributed by atoms with Gasteiger partial charge in [-0.15, -0.1) is 0 Å². The molecular weight excluding hydrogens is 398 g/mol. The van der Waals surface area contributed by atoms with Crippen molar-refractivity contribution in [2.75, 3.05) is 19.8 Å². The molecule has 31 heavy (non-hydrogen) atoms. The van der Waals surface area contributed by atoms with Crippen LogP contribution in [0.5, 0.6) is 0 Å². The molecule has 2 N–H and O–H groups in total. The van der Waals surface area contributed by atoms with Crippen LogP contribution in [-0.2, 0) is 16.0 Å². The van der Waals surface area contributed by atoms with Crippen LogP contribution in [0.3, 0.4) is 0 Å². The summed E-state index contributed by atoms with van der Waals surface area (Å²) in [4.78, 5) is 30.8. The van der Waals surface area contributed by atoms with E-state index in [9.17, 15) is 9.59 Å². The van der Waals surface area contributed by atoms with Crippen molar-refractivity contribution in [2.24, 2.45) is 0 Å². The van der Waals surface area contributed by atoms with E-state index in [-0.39, 0.29) is 34.7 Å². The van der Waals surface area contributed by atoms with E-state index in [2.05, 4.69) is 10.3 Å². The van der Waals surface area contributed by atoms with Gasteiger partial charge in [-0.1, -0.05) is 6.07 Å². The molecule has 0 spiro atoms. The molecule has 0 bridgehead atoms. The monoisotopic (exact) mass is 423 g/mol. The number of aromatic nitrogens is 3. The SMILES string of the molecule is N=c1c(C(=O)NC[C@H]2CCCO2)cc2c(=O)n3ccccc3nc2n1C[C@H]1CCCO1. The maximum absolute atomic E-state index is 13.2. The highest BCUT2D eigenvalue weighted by Crippen LogP contribution is 2.17. The van der Waals surface area contributed by atoms with Gasteiger partial charge in [-0.05, 0) is 43.9 Å². The molecule has 2 fully saturated rings. The van der Waals surface area contributed by atoms with Crippen LogP contribution in [0.4, 0.5) is 0 Å². The van der Waals surface area contributed by atoms with Gasteiger partial charge in [0.1, 0.15) is 16.8 Å². The quantitative estimate of drug-likeness (QED) is 0.600. The lowest BCUT2D eigenvalue weighted by Gasteiger charge is -2.18.